The molecular formula is C20H15F3N8O. The Morgan fingerprint density at radius 2 is 2.03 bits per heavy atom. The number of alkyl halides is 3. The first-order valence-corrected chi connectivity index (χ1v) is 9.92. The van der Waals surface area contributed by atoms with Crippen LogP contribution in [0.25, 0.3) is 23.0 Å². The van der Waals surface area contributed by atoms with Gasteiger partial charge in [0, 0.05) is 24.5 Å². The summed E-state index contributed by atoms with van der Waals surface area (Å²) in [4.78, 5) is 15.8. The molecule has 3 aromatic heterocycles. The third-order valence-electron chi connectivity index (χ3n) is 5.58. The number of nitrogens with zero attached hydrogens (tertiary/aromatic N) is 8. The molecule has 5 heterocycles. The molecule has 2 aliphatic heterocycles. The van der Waals surface area contributed by atoms with E-state index in [0.29, 0.717) is 17.3 Å². The molecule has 0 spiro atoms. The van der Waals surface area contributed by atoms with Gasteiger partial charge in [0.2, 0.25) is 5.95 Å². The monoisotopic (exact) mass is 440 g/mol. The van der Waals surface area contributed by atoms with Crippen molar-refractivity contribution >= 4 is 5.82 Å². The number of aromatic nitrogens is 7. The van der Waals surface area contributed by atoms with E-state index in [0.717, 1.165) is 36.7 Å². The van der Waals surface area contributed by atoms with Crippen LogP contribution in [0.5, 0.6) is 5.75 Å². The molecule has 0 bridgehead atoms. The SMILES string of the molecule is FC(F)(F)Oc1cccc(-c2nccn2-c2ncc3c(n2)N2CCCC2c2nncn2-3)c1. The Morgan fingerprint density at radius 1 is 1.12 bits per heavy atom. The van der Waals surface area contributed by atoms with E-state index >= 15 is 0 Å². The Kier molecular flexibility index (Phi) is 3.97. The van der Waals surface area contributed by atoms with Gasteiger partial charge in [-0.2, -0.15) is 4.98 Å². The molecule has 1 saturated heterocycles. The molecule has 0 amide bonds. The van der Waals surface area contributed by atoms with Crippen LogP contribution in [0.2, 0.25) is 0 Å². The molecule has 9 nitrogen and oxygen atoms in total. The lowest BCUT2D eigenvalue weighted by atomic mass is 10.1. The molecule has 0 saturated carbocycles. The normalized spacial score (nSPS) is 17.1. The van der Waals surface area contributed by atoms with E-state index in [1.54, 1.807) is 35.6 Å². The van der Waals surface area contributed by atoms with Crippen LogP contribution in [0.4, 0.5) is 19.0 Å². The van der Waals surface area contributed by atoms with Crippen LogP contribution < -0.4 is 9.64 Å². The summed E-state index contributed by atoms with van der Waals surface area (Å²) < 4.78 is 45.5. The summed E-state index contributed by atoms with van der Waals surface area (Å²) in [5, 5.41) is 8.31. The summed E-state index contributed by atoms with van der Waals surface area (Å²) in [5.41, 5.74) is 1.23. The average molecular weight is 440 g/mol. The number of halogens is 3. The van der Waals surface area contributed by atoms with Gasteiger partial charge < -0.3 is 9.64 Å². The van der Waals surface area contributed by atoms with Crippen molar-refractivity contribution in [1.82, 2.24) is 34.3 Å². The Bertz CT molecular complexity index is 1310. The summed E-state index contributed by atoms with van der Waals surface area (Å²) in [6.45, 7) is 0.842. The highest BCUT2D eigenvalue weighted by molar-refractivity contribution is 5.64. The molecule has 1 fully saturated rings. The molecule has 4 aromatic rings. The van der Waals surface area contributed by atoms with Gasteiger partial charge in [-0.1, -0.05) is 12.1 Å². The first kappa shape index (κ1) is 18.8. The van der Waals surface area contributed by atoms with E-state index in [1.807, 2.05) is 4.57 Å². The van der Waals surface area contributed by atoms with Crippen molar-refractivity contribution in [2.75, 3.05) is 11.4 Å². The molecule has 0 N–H and O–H groups in total. The minimum Gasteiger partial charge on any atom is -0.406 e. The van der Waals surface area contributed by atoms with Gasteiger partial charge in [-0.05, 0) is 25.0 Å². The molecule has 162 valence electrons. The molecule has 0 aliphatic carbocycles. The van der Waals surface area contributed by atoms with Crippen molar-refractivity contribution in [3.05, 3.63) is 55.0 Å². The van der Waals surface area contributed by atoms with Crippen LogP contribution in [0, 0.1) is 0 Å². The molecule has 12 heteroatoms. The van der Waals surface area contributed by atoms with Crippen molar-refractivity contribution < 1.29 is 17.9 Å². The number of rotatable bonds is 3. The molecule has 0 radical (unpaired) electrons. The van der Waals surface area contributed by atoms with Crippen LogP contribution in [0.15, 0.2) is 49.2 Å². The van der Waals surface area contributed by atoms with E-state index in [2.05, 4.69) is 29.8 Å². The van der Waals surface area contributed by atoms with E-state index in [4.69, 9.17) is 4.98 Å². The molecule has 2 aliphatic rings. The minimum absolute atomic E-state index is 0.103. The molecule has 1 aromatic carbocycles. The van der Waals surface area contributed by atoms with Crippen LogP contribution in [-0.4, -0.2) is 47.2 Å². The lowest BCUT2D eigenvalue weighted by Crippen LogP contribution is -2.31. The molecule has 6 rings (SSSR count). The quantitative estimate of drug-likeness (QED) is 0.482. The Hall–Kier alpha value is -3.96. The molecule has 1 unspecified atom stereocenters. The van der Waals surface area contributed by atoms with Crippen molar-refractivity contribution in [1.29, 1.82) is 0 Å². The first-order chi connectivity index (χ1) is 15.5. The number of imidazole rings is 1. The first-order valence-electron chi connectivity index (χ1n) is 9.92. The summed E-state index contributed by atoms with van der Waals surface area (Å²) in [6, 6.07) is 5.76. The second kappa shape index (κ2) is 6.77. The van der Waals surface area contributed by atoms with Gasteiger partial charge in [-0.15, -0.1) is 23.4 Å². The summed E-state index contributed by atoms with van der Waals surface area (Å²) >= 11 is 0. The highest BCUT2D eigenvalue weighted by Crippen LogP contribution is 2.42. The molecule has 1 atom stereocenters. The smallest absolute Gasteiger partial charge is 0.406 e. The highest BCUT2D eigenvalue weighted by Gasteiger charge is 2.37. The largest absolute Gasteiger partial charge is 0.573 e. The average Bonchev–Trinajstić information content (AvgIpc) is 3.52. The summed E-state index contributed by atoms with van der Waals surface area (Å²) in [5.74, 6) is 2.07. The van der Waals surface area contributed by atoms with Crippen molar-refractivity contribution in [3.63, 3.8) is 0 Å². The topological polar surface area (TPSA) is 86.8 Å². The number of hydrogen-bond donors (Lipinski definition) is 0. The van der Waals surface area contributed by atoms with Gasteiger partial charge in [-0.3, -0.25) is 9.13 Å². The number of anilines is 1. The van der Waals surface area contributed by atoms with Gasteiger partial charge >= 0.3 is 6.36 Å². The zero-order valence-electron chi connectivity index (χ0n) is 16.4. The molecule has 32 heavy (non-hydrogen) atoms. The number of fused-ring (bicyclic) bond motifs is 6. The van der Waals surface area contributed by atoms with Gasteiger partial charge in [0.15, 0.2) is 11.6 Å². The fourth-order valence-electron chi connectivity index (χ4n) is 4.31. The van der Waals surface area contributed by atoms with Crippen LogP contribution in [0.1, 0.15) is 24.7 Å². The van der Waals surface area contributed by atoms with E-state index in [-0.39, 0.29) is 11.8 Å². The zero-order chi connectivity index (χ0) is 21.9. The van der Waals surface area contributed by atoms with E-state index in [1.165, 1.54) is 18.2 Å². The number of ether oxygens (including phenoxy) is 1. The van der Waals surface area contributed by atoms with Gasteiger partial charge in [0.1, 0.15) is 23.6 Å². The fraction of sp³-hybridized carbons (Fsp3) is 0.250. The summed E-state index contributed by atoms with van der Waals surface area (Å²) in [6.07, 6.45) is 3.77. The maximum atomic E-state index is 12.6. The lowest BCUT2D eigenvalue weighted by Gasteiger charge is -2.32. The maximum absolute atomic E-state index is 12.6. The fourth-order valence-corrected chi connectivity index (χ4v) is 4.31. The molecular weight excluding hydrogens is 425 g/mol. The zero-order valence-corrected chi connectivity index (χ0v) is 16.4. The van der Waals surface area contributed by atoms with Crippen molar-refractivity contribution in [2.45, 2.75) is 25.2 Å². The second-order valence-electron chi connectivity index (χ2n) is 7.49. The van der Waals surface area contributed by atoms with Crippen molar-refractivity contribution in [2.24, 2.45) is 0 Å². The van der Waals surface area contributed by atoms with E-state index < -0.39 is 6.36 Å². The van der Waals surface area contributed by atoms with E-state index in [9.17, 15) is 13.2 Å². The van der Waals surface area contributed by atoms with Crippen LogP contribution in [-0.2, 0) is 0 Å². The Balaban J connectivity index is 1.42. The van der Waals surface area contributed by atoms with Crippen LogP contribution >= 0.6 is 0 Å². The predicted octanol–water partition coefficient (Wildman–Crippen LogP) is 3.46. The van der Waals surface area contributed by atoms with Crippen molar-refractivity contribution in [3.8, 4) is 28.8 Å². The lowest BCUT2D eigenvalue weighted by molar-refractivity contribution is -0.274. The third kappa shape index (κ3) is 2.98. The van der Waals surface area contributed by atoms with Gasteiger partial charge in [0.05, 0.1) is 12.2 Å². The van der Waals surface area contributed by atoms with Crippen LogP contribution in [0.3, 0.4) is 0 Å². The number of hydrogen-bond acceptors (Lipinski definition) is 7. The maximum Gasteiger partial charge on any atom is 0.573 e. The predicted molar refractivity (Wildman–Crippen MR) is 106 cm³/mol. The highest BCUT2D eigenvalue weighted by atomic mass is 19.4. The Morgan fingerprint density at radius 3 is 2.91 bits per heavy atom. The van der Waals surface area contributed by atoms with Gasteiger partial charge in [-0.25, -0.2) is 9.97 Å². The number of benzene rings is 1. The standard InChI is InChI=1S/C20H15F3N8O/c21-20(22,23)32-13-4-1-3-12(9-13)16-24-6-8-30(16)19-25-10-15-17(27-19)29-7-2-5-14(29)18-28-26-11-31(15)18/h1,3-4,6,8-11,14H,2,5,7H2. The third-order valence-corrected chi connectivity index (χ3v) is 5.58. The summed E-state index contributed by atoms with van der Waals surface area (Å²) in [7, 11) is 0. The Labute approximate surface area is 179 Å². The second-order valence-corrected chi connectivity index (χ2v) is 7.49. The van der Waals surface area contributed by atoms with Gasteiger partial charge in [0.25, 0.3) is 0 Å². The minimum atomic E-state index is -4.77.